The summed E-state index contributed by atoms with van der Waals surface area (Å²) in [7, 11) is 1.84. The van der Waals surface area contributed by atoms with Gasteiger partial charge in [0.25, 0.3) is 0 Å². The second kappa shape index (κ2) is 5.91. The maximum atomic E-state index is 11.4. The molecule has 1 unspecified atom stereocenters. The Morgan fingerprint density at radius 3 is 2.94 bits per heavy atom. The summed E-state index contributed by atoms with van der Waals surface area (Å²) in [5, 5.41) is 4.82. The van der Waals surface area contributed by atoms with Crippen molar-refractivity contribution in [2.45, 2.75) is 25.4 Å². The van der Waals surface area contributed by atoms with E-state index in [4.69, 9.17) is 23.2 Å². The SMILES string of the molecule is CN1CC(NCc2cc(Cl)ccc2Cl)CCC1=O. The average molecular weight is 287 g/mol. The smallest absolute Gasteiger partial charge is 0.222 e. The number of halogens is 2. The number of hydrogen-bond donors (Lipinski definition) is 1. The first-order valence-corrected chi connectivity index (χ1v) is 6.73. The number of likely N-dealkylation sites (tertiary alicyclic amines) is 1. The summed E-state index contributed by atoms with van der Waals surface area (Å²) in [4.78, 5) is 13.1. The number of carbonyl (C=O) groups is 1. The van der Waals surface area contributed by atoms with Gasteiger partial charge in [0.1, 0.15) is 0 Å². The number of benzene rings is 1. The van der Waals surface area contributed by atoms with Gasteiger partial charge in [0.15, 0.2) is 0 Å². The highest BCUT2D eigenvalue weighted by Gasteiger charge is 2.22. The van der Waals surface area contributed by atoms with Gasteiger partial charge < -0.3 is 10.2 Å². The van der Waals surface area contributed by atoms with E-state index in [0.717, 1.165) is 18.5 Å². The number of nitrogens with one attached hydrogen (secondary N) is 1. The maximum Gasteiger partial charge on any atom is 0.222 e. The summed E-state index contributed by atoms with van der Waals surface area (Å²) in [6.07, 6.45) is 1.48. The van der Waals surface area contributed by atoms with Gasteiger partial charge in [0.2, 0.25) is 5.91 Å². The number of rotatable bonds is 3. The zero-order valence-corrected chi connectivity index (χ0v) is 11.8. The van der Waals surface area contributed by atoms with Crippen molar-refractivity contribution >= 4 is 29.1 Å². The molecule has 1 N–H and O–H groups in total. The van der Waals surface area contributed by atoms with Crippen LogP contribution in [0.15, 0.2) is 18.2 Å². The Kier molecular flexibility index (Phi) is 4.49. The van der Waals surface area contributed by atoms with Crippen molar-refractivity contribution in [3.05, 3.63) is 33.8 Å². The fraction of sp³-hybridized carbons (Fsp3) is 0.462. The minimum Gasteiger partial charge on any atom is -0.344 e. The Morgan fingerprint density at radius 1 is 1.44 bits per heavy atom. The van der Waals surface area contributed by atoms with Crippen molar-refractivity contribution in [1.29, 1.82) is 0 Å². The predicted octanol–water partition coefficient (Wildman–Crippen LogP) is 2.70. The predicted molar refractivity (Wildman–Crippen MR) is 74.0 cm³/mol. The van der Waals surface area contributed by atoms with Gasteiger partial charge in [-0.15, -0.1) is 0 Å². The Morgan fingerprint density at radius 2 is 2.22 bits per heavy atom. The second-order valence-electron chi connectivity index (χ2n) is 4.63. The summed E-state index contributed by atoms with van der Waals surface area (Å²) < 4.78 is 0. The molecule has 0 spiro atoms. The highest BCUT2D eigenvalue weighted by Crippen LogP contribution is 2.21. The van der Waals surface area contributed by atoms with E-state index in [-0.39, 0.29) is 5.91 Å². The van der Waals surface area contributed by atoms with Gasteiger partial charge in [0, 0.05) is 42.6 Å². The van der Waals surface area contributed by atoms with Crippen LogP contribution in [-0.4, -0.2) is 30.4 Å². The number of piperidine rings is 1. The minimum absolute atomic E-state index is 0.217. The topological polar surface area (TPSA) is 32.3 Å². The lowest BCUT2D eigenvalue weighted by atomic mass is 10.1. The van der Waals surface area contributed by atoms with Crippen LogP contribution in [0.2, 0.25) is 10.0 Å². The third-order valence-corrected chi connectivity index (χ3v) is 3.82. The van der Waals surface area contributed by atoms with Crippen LogP contribution in [-0.2, 0) is 11.3 Å². The molecule has 1 aromatic carbocycles. The lowest BCUT2D eigenvalue weighted by molar-refractivity contribution is -0.132. The fourth-order valence-corrected chi connectivity index (χ4v) is 2.49. The Hall–Kier alpha value is -0.770. The van der Waals surface area contributed by atoms with E-state index in [1.54, 1.807) is 17.0 Å². The highest BCUT2D eigenvalue weighted by atomic mass is 35.5. The largest absolute Gasteiger partial charge is 0.344 e. The quantitative estimate of drug-likeness (QED) is 0.927. The van der Waals surface area contributed by atoms with E-state index in [0.29, 0.717) is 29.1 Å². The Balaban J connectivity index is 1.91. The van der Waals surface area contributed by atoms with Crippen molar-refractivity contribution in [3.8, 4) is 0 Å². The molecule has 1 amide bonds. The molecular weight excluding hydrogens is 271 g/mol. The van der Waals surface area contributed by atoms with E-state index in [9.17, 15) is 4.79 Å². The molecule has 0 aromatic heterocycles. The monoisotopic (exact) mass is 286 g/mol. The Labute approximate surface area is 117 Å². The zero-order chi connectivity index (χ0) is 13.1. The van der Waals surface area contributed by atoms with Crippen LogP contribution < -0.4 is 5.32 Å². The molecule has 1 atom stereocenters. The minimum atomic E-state index is 0.217. The fourth-order valence-electron chi connectivity index (χ4n) is 2.11. The third-order valence-electron chi connectivity index (χ3n) is 3.22. The molecule has 5 heteroatoms. The molecular formula is C13H16Cl2N2O. The number of nitrogens with zero attached hydrogens (tertiary/aromatic N) is 1. The van der Waals surface area contributed by atoms with Crippen LogP contribution in [0.1, 0.15) is 18.4 Å². The van der Waals surface area contributed by atoms with Gasteiger partial charge in [-0.05, 0) is 30.2 Å². The summed E-state index contributed by atoms with van der Waals surface area (Å²) in [5.74, 6) is 0.217. The molecule has 18 heavy (non-hydrogen) atoms. The number of hydrogen-bond acceptors (Lipinski definition) is 2. The number of amides is 1. The third kappa shape index (κ3) is 3.37. The molecule has 1 saturated heterocycles. The zero-order valence-electron chi connectivity index (χ0n) is 10.2. The molecule has 0 aliphatic carbocycles. The standard InChI is InChI=1S/C13H16Cl2N2O/c1-17-8-11(3-5-13(17)18)16-7-9-6-10(14)2-4-12(9)15/h2,4,6,11,16H,3,5,7-8H2,1H3. The van der Waals surface area contributed by atoms with Gasteiger partial charge in [-0.3, -0.25) is 4.79 Å². The maximum absolute atomic E-state index is 11.4. The van der Waals surface area contributed by atoms with Crippen LogP contribution >= 0.6 is 23.2 Å². The lowest BCUT2D eigenvalue weighted by Crippen LogP contribution is -2.46. The van der Waals surface area contributed by atoms with Crippen LogP contribution in [0, 0.1) is 0 Å². The Bertz CT molecular complexity index is 451. The first-order valence-electron chi connectivity index (χ1n) is 5.97. The highest BCUT2D eigenvalue weighted by molar-refractivity contribution is 6.33. The molecule has 0 bridgehead atoms. The van der Waals surface area contributed by atoms with E-state index >= 15 is 0 Å². The molecule has 0 radical (unpaired) electrons. The van der Waals surface area contributed by atoms with Crippen molar-refractivity contribution in [1.82, 2.24) is 10.2 Å². The number of carbonyl (C=O) groups excluding carboxylic acids is 1. The molecule has 1 aliphatic heterocycles. The van der Waals surface area contributed by atoms with Gasteiger partial charge in [-0.25, -0.2) is 0 Å². The van der Waals surface area contributed by atoms with Crippen LogP contribution in [0.3, 0.4) is 0 Å². The van der Waals surface area contributed by atoms with Gasteiger partial charge >= 0.3 is 0 Å². The molecule has 98 valence electrons. The van der Waals surface area contributed by atoms with Gasteiger partial charge in [0.05, 0.1) is 0 Å². The second-order valence-corrected chi connectivity index (χ2v) is 5.47. The van der Waals surface area contributed by atoms with Crippen molar-refractivity contribution in [2.24, 2.45) is 0 Å². The number of likely N-dealkylation sites (N-methyl/N-ethyl adjacent to an activating group) is 1. The molecule has 2 rings (SSSR count). The summed E-state index contributed by atoms with van der Waals surface area (Å²) in [5.41, 5.74) is 0.990. The van der Waals surface area contributed by atoms with Crippen molar-refractivity contribution in [3.63, 3.8) is 0 Å². The van der Waals surface area contributed by atoms with Crippen molar-refractivity contribution < 1.29 is 4.79 Å². The summed E-state index contributed by atoms with van der Waals surface area (Å²) >= 11 is 12.0. The average Bonchev–Trinajstić information content (AvgIpc) is 2.34. The molecule has 1 aliphatic rings. The molecule has 1 aromatic rings. The van der Waals surface area contributed by atoms with Gasteiger partial charge in [-0.1, -0.05) is 23.2 Å². The molecule has 1 heterocycles. The van der Waals surface area contributed by atoms with Crippen LogP contribution in [0.25, 0.3) is 0 Å². The van der Waals surface area contributed by atoms with E-state index in [2.05, 4.69) is 5.32 Å². The van der Waals surface area contributed by atoms with Crippen LogP contribution in [0.5, 0.6) is 0 Å². The summed E-state index contributed by atoms with van der Waals surface area (Å²) in [6.45, 7) is 1.42. The summed E-state index contributed by atoms with van der Waals surface area (Å²) in [6, 6.07) is 5.77. The first-order chi connectivity index (χ1) is 8.56. The van der Waals surface area contributed by atoms with E-state index < -0.39 is 0 Å². The normalized spacial score (nSPS) is 20.3. The van der Waals surface area contributed by atoms with E-state index in [1.165, 1.54) is 0 Å². The first kappa shape index (κ1) is 13.7. The van der Waals surface area contributed by atoms with Crippen LogP contribution in [0.4, 0.5) is 0 Å². The van der Waals surface area contributed by atoms with E-state index in [1.807, 2.05) is 13.1 Å². The molecule has 0 saturated carbocycles. The van der Waals surface area contributed by atoms with Gasteiger partial charge in [-0.2, -0.15) is 0 Å². The molecule has 1 fully saturated rings. The lowest BCUT2D eigenvalue weighted by Gasteiger charge is -2.30. The molecule has 3 nitrogen and oxygen atoms in total. The van der Waals surface area contributed by atoms with Crippen molar-refractivity contribution in [2.75, 3.05) is 13.6 Å².